The first-order valence-electron chi connectivity index (χ1n) is 24.9. The van der Waals surface area contributed by atoms with Crippen LogP contribution in [0.15, 0.2) is 46.7 Å². The number of hydrogen-bond acceptors (Lipinski definition) is 18. The quantitative estimate of drug-likeness (QED) is 0.0826. The first-order chi connectivity index (χ1) is 36.6. The highest BCUT2D eigenvalue weighted by Gasteiger charge is 2.54. The number of hydrogen-bond donors (Lipinski definition) is 5. The monoisotopic (exact) mass is 1150 g/mol. The van der Waals surface area contributed by atoms with Crippen molar-refractivity contribution in [2.75, 3.05) is 62.7 Å². The normalized spacial score (nSPS) is 23.1. The second kappa shape index (κ2) is 19.1. The van der Waals surface area contributed by atoms with Crippen molar-refractivity contribution in [2.45, 2.75) is 96.3 Å². The molecule has 3 atom stereocenters. The van der Waals surface area contributed by atoms with E-state index in [4.69, 9.17) is 10.2 Å². The number of piperidine rings is 2. The third-order valence-corrected chi connectivity index (χ3v) is 21.5. The summed E-state index contributed by atoms with van der Waals surface area (Å²) in [6.07, 6.45) is -0.261. The Bertz CT molecular complexity index is 3580. The van der Waals surface area contributed by atoms with Gasteiger partial charge in [0.15, 0.2) is 19.7 Å². The number of rotatable bonds is 11. The highest BCUT2D eigenvalue weighted by atomic mass is 32.2. The molecule has 0 bridgehead atoms. The molecule has 2 saturated carbocycles. The van der Waals surface area contributed by atoms with E-state index < -0.39 is 99.0 Å². The van der Waals surface area contributed by atoms with Gasteiger partial charge < -0.3 is 31.5 Å². The number of halogens is 6. The van der Waals surface area contributed by atoms with Crippen LogP contribution < -0.4 is 26.6 Å². The molecule has 6 aromatic rings. The minimum Gasteiger partial charge on any atom is -0.350 e. The molecule has 20 nitrogen and oxygen atoms in total. The molecular weight excluding hydrogens is 1100 g/mol. The van der Waals surface area contributed by atoms with Gasteiger partial charge in [0.25, 0.3) is 11.8 Å². The van der Waals surface area contributed by atoms with Crippen LogP contribution in [0.4, 0.5) is 49.6 Å². The molecule has 2 saturated heterocycles. The molecule has 5 N–H and O–H groups in total. The number of amides is 2. The Morgan fingerprint density at radius 1 is 0.688 bits per heavy atom. The number of fused-ring (bicyclic) bond motifs is 2. The molecule has 0 aromatic carbocycles. The van der Waals surface area contributed by atoms with Gasteiger partial charge in [0.1, 0.15) is 20.9 Å². The molecule has 30 heteroatoms. The number of alkyl halides is 6. The molecule has 4 aliphatic heterocycles. The summed E-state index contributed by atoms with van der Waals surface area (Å²) in [7, 11) is -6.57. The van der Waals surface area contributed by atoms with Gasteiger partial charge in [0.05, 0.1) is 76.8 Å². The predicted molar refractivity (Wildman–Crippen MR) is 269 cm³/mol. The molecule has 6 aliphatic rings. The van der Waals surface area contributed by atoms with Gasteiger partial charge in [-0.25, -0.2) is 36.8 Å². The molecule has 6 aromatic heterocycles. The summed E-state index contributed by atoms with van der Waals surface area (Å²) < 4.78 is 148. The number of nitrogens with zero attached hydrogens (tertiary/aromatic N) is 9. The summed E-state index contributed by atoms with van der Waals surface area (Å²) in [5, 5.41) is 23.1. The van der Waals surface area contributed by atoms with E-state index in [2.05, 4.69) is 51.4 Å². The zero-order valence-electron chi connectivity index (χ0n) is 40.7. The van der Waals surface area contributed by atoms with Crippen LogP contribution in [0.25, 0.3) is 21.1 Å². The molecular formula is C47H48F6N14O6S4. The third kappa shape index (κ3) is 9.85. The fraction of sp³-hybridized carbons (Fsp3) is 0.489. The molecule has 4 fully saturated rings. The maximum atomic E-state index is 14.9. The van der Waals surface area contributed by atoms with Gasteiger partial charge in [-0.1, -0.05) is 0 Å². The Kier molecular flexibility index (Phi) is 12.8. The minimum absolute atomic E-state index is 0.125. The zero-order valence-corrected chi connectivity index (χ0v) is 44.0. The number of likely N-dealkylation sites (tertiary alicyclic amines) is 1. The van der Waals surface area contributed by atoms with E-state index in [0.717, 1.165) is 69.7 Å². The van der Waals surface area contributed by atoms with Crippen molar-refractivity contribution in [1.82, 2.24) is 60.3 Å². The van der Waals surface area contributed by atoms with Gasteiger partial charge in [-0.3, -0.25) is 19.0 Å². The van der Waals surface area contributed by atoms with Crippen LogP contribution in [-0.2, 0) is 32.0 Å². The number of sulfone groups is 2. The summed E-state index contributed by atoms with van der Waals surface area (Å²) in [6.45, 7) is 2.57. The molecule has 408 valence electrons. The number of carbonyl (C=O) groups is 2. The number of anilines is 4. The van der Waals surface area contributed by atoms with E-state index in [1.54, 1.807) is 10.9 Å². The van der Waals surface area contributed by atoms with Gasteiger partial charge in [-0.15, -0.1) is 22.7 Å². The molecule has 77 heavy (non-hydrogen) atoms. The second-order valence-electron chi connectivity index (χ2n) is 20.2. The molecule has 0 spiro atoms. The molecule has 3 unspecified atom stereocenters. The van der Waals surface area contributed by atoms with Crippen LogP contribution in [0.3, 0.4) is 0 Å². The number of aromatic nitrogens is 8. The summed E-state index contributed by atoms with van der Waals surface area (Å²) in [5.41, 5.74) is -1.94. The van der Waals surface area contributed by atoms with Crippen LogP contribution >= 0.6 is 22.7 Å². The number of carbonyl (C=O) groups excluding carboxylic acids is 2. The average Bonchev–Trinajstić information content (AvgIpc) is 4.27. The second-order valence-corrected chi connectivity index (χ2v) is 26.6. The Morgan fingerprint density at radius 2 is 1.22 bits per heavy atom. The lowest BCUT2D eigenvalue weighted by atomic mass is 10.1. The minimum atomic E-state index is -5.00. The van der Waals surface area contributed by atoms with Gasteiger partial charge >= 0.3 is 12.4 Å². The summed E-state index contributed by atoms with van der Waals surface area (Å²) >= 11 is 1.11. The Balaban J connectivity index is 0.863. The first kappa shape index (κ1) is 51.7. The lowest BCUT2D eigenvalue weighted by molar-refractivity contribution is -0.138. The van der Waals surface area contributed by atoms with E-state index in [1.165, 1.54) is 0 Å². The van der Waals surface area contributed by atoms with E-state index >= 15 is 0 Å². The zero-order chi connectivity index (χ0) is 53.9. The smallest absolute Gasteiger partial charge is 0.350 e. The standard InChI is InChI=1S/C47H48F6N14O6S4/c1-65-11-6-24(7-12-65)67-21-30(60-45-58-17-27(46(48,49)50)38(61-45)31-15-33-40(74-31)42(68)55-10-13-76(33,70)71)37(64-67)26-14-25(26)35-19-56-43(69)41-34(77(35,72)73)16-32(75-41)39-28(47(51,52)53)18-57-44(62-39)59-29-20-66(23-4-8-54-9-5-23)63-36(29)22-2-3-22/h15-18,20-26,35,54H,2-14,19H2,1H3,(H,55,68)(H,56,69)(H,57,59,62)(H,58,60,61). The topological polar surface area (TPSA) is 253 Å². The lowest BCUT2D eigenvalue weighted by Gasteiger charge is -2.29. The van der Waals surface area contributed by atoms with Crippen LogP contribution in [0.5, 0.6) is 0 Å². The Hall–Kier alpha value is -6.08. The Labute approximate surface area is 443 Å². The molecule has 12 rings (SSSR count). The summed E-state index contributed by atoms with van der Waals surface area (Å²) in [5.74, 6) is -3.69. The fourth-order valence-corrected chi connectivity index (χ4v) is 17.0. The number of nitrogens with one attached hydrogen (secondary N) is 5. The van der Waals surface area contributed by atoms with Gasteiger partial charge in [-0.2, -0.15) is 36.5 Å². The molecule has 10 heterocycles. The fourth-order valence-electron chi connectivity index (χ4n) is 10.7. The van der Waals surface area contributed by atoms with Gasteiger partial charge in [0, 0.05) is 49.7 Å². The van der Waals surface area contributed by atoms with Crippen molar-refractivity contribution >= 4 is 77.4 Å². The van der Waals surface area contributed by atoms with Gasteiger partial charge in [0.2, 0.25) is 11.9 Å². The highest BCUT2D eigenvalue weighted by Crippen LogP contribution is 2.55. The van der Waals surface area contributed by atoms with E-state index in [-0.39, 0.29) is 74.6 Å². The van der Waals surface area contributed by atoms with Crippen molar-refractivity contribution < 1.29 is 52.8 Å². The predicted octanol–water partition coefficient (Wildman–Crippen LogP) is 6.92. The van der Waals surface area contributed by atoms with Crippen LogP contribution in [0.2, 0.25) is 0 Å². The van der Waals surface area contributed by atoms with E-state index in [9.17, 15) is 52.8 Å². The molecule has 2 aliphatic carbocycles. The SMILES string of the molecule is CN1CCC(n2cc(Nc3ncc(C(F)(F)F)c(-c4cc5c(s4)C(=O)NCCS5(=O)=O)n3)c(C3CC3C3CNC(=O)c4sc(-c5nc(Nc6cn(C7CCNCC7)nc6C6CC6)ncc5C(F)(F)F)cc4S3(=O)=O)n2)CC1. The van der Waals surface area contributed by atoms with E-state index in [1.807, 2.05) is 17.9 Å². The van der Waals surface area contributed by atoms with Crippen LogP contribution in [0, 0.1) is 5.92 Å². The van der Waals surface area contributed by atoms with Crippen molar-refractivity contribution in [1.29, 1.82) is 0 Å². The van der Waals surface area contributed by atoms with Crippen molar-refractivity contribution in [2.24, 2.45) is 5.92 Å². The molecule has 0 radical (unpaired) electrons. The lowest BCUT2D eigenvalue weighted by Crippen LogP contribution is -2.34. The summed E-state index contributed by atoms with van der Waals surface area (Å²) in [4.78, 5) is 43.4. The maximum absolute atomic E-state index is 14.9. The van der Waals surface area contributed by atoms with Crippen LogP contribution in [-0.4, -0.2) is 130 Å². The maximum Gasteiger partial charge on any atom is 0.420 e. The van der Waals surface area contributed by atoms with Crippen LogP contribution in [0.1, 0.15) is 111 Å². The van der Waals surface area contributed by atoms with E-state index in [0.29, 0.717) is 59.3 Å². The van der Waals surface area contributed by atoms with Crippen molar-refractivity contribution in [3.8, 4) is 21.1 Å². The summed E-state index contributed by atoms with van der Waals surface area (Å²) in [6, 6.07) is 2.07. The number of thiophene rings is 2. The van der Waals surface area contributed by atoms with Crippen molar-refractivity contribution in [3.63, 3.8) is 0 Å². The Morgan fingerprint density at radius 3 is 1.81 bits per heavy atom. The average molecular weight is 1150 g/mol. The third-order valence-electron chi connectivity index (χ3n) is 15.0. The van der Waals surface area contributed by atoms with Crippen molar-refractivity contribution in [3.05, 3.63) is 69.2 Å². The largest absolute Gasteiger partial charge is 0.420 e. The highest BCUT2D eigenvalue weighted by molar-refractivity contribution is 7.92. The molecule has 2 amide bonds. The first-order valence-corrected chi connectivity index (χ1v) is 29.7. The van der Waals surface area contributed by atoms with Gasteiger partial charge in [-0.05, 0) is 96.2 Å².